The SMILES string of the molecule is CC(C)(C)c1ncc(C2=c3nc4c(nc3OC2=O)=C(c2cnc(C(C)(C)C)s2)C(=O)O4)s1. The van der Waals surface area contributed by atoms with E-state index in [1.54, 1.807) is 12.4 Å². The molecule has 0 bridgehead atoms. The average molecular weight is 469 g/mol. The van der Waals surface area contributed by atoms with Crippen LogP contribution in [0, 0.1) is 0 Å². The highest BCUT2D eigenvalue weighted by Gasteiger charge is 2.35. The predicted molar refractivity (Wildman–Crippen MR) is 119 cm³/mol. The van der Waals surface area contributed by atoms with Crippen LogP contribution in [-0.4, -0.2) is 31.9 Å². The van der Waals surface area contributed by atoms with Crippen LogP contribution in [0.5, 0.6) is 11.8 Å². The van der Waals surface area contributed by atoms with Crippen LogP contribution in [-0.2, 0) is 20.4 Å². The van der Waals surface area contributed by atoms with Crippen molar-refractivity contribution in [1.82, 2.24) is 19.9 Å². The smallest absolute Gasteiger partial charge is 0.348 e. The lowest BCUT2D eigenvalue weighted by molar-refractivity contribution is -0.128. The maximum absolute atomic E-state index is 12.7. The number of thiazole rings is 2. The van der Waals surface area contributed by atoms with Crippen LogP contribution < -0.4 is 20.2 Å². The molecular weight excluding hydrogens is 448 g/mol. The molecule has 0 spiro atoms. The predicted octanol–water partition coefficient (Wildman–Crippen LogP) is 2.22. The van der Waals surface area contributed by atoms with Crippen molar-refractivity contribution in [3.05, 3.63) is 42.9 Å². The van der Waals surface area contributed by atoms with Crippen LogP contribution in [0.3, 0.4) is 0 Å². The van der Waals surface area contributed by atoms with E-state index in [0.717, 1.165) is 10.0 Å². The summed E-state index contributed by atoms with van der Waals surface area (Å²) in [4.78, 5) is 44.4. The fraction of sp³-hybridized carbons (Fsp3) is 0.364. The molecule has 2 aliphatic rings. The van der Waals surface area contributed by atoms with Gasteiger partial charge in [0, 0.05) is 23.2 Å². The molecule has 3 aromatic rings. The number of hydrogen-bond donors (Lipinski definition) is 0. The number of esters is 2. The highest BCUT2D eigenvalue weighted by Crippen LogP contribution is 2.33. The van der Waals surface area contributed by atoms with Crippen molar-refractivity contribution in [2.24, 2.45) is 0 Å². The van der Waals surface area contributed by atoms with E-state index in [2.05, 4.69) is 61.5 Å². The topological polar surface area (TPSA) is 104 Å². The van der Waals surface area contributed by atoms with Gasteiger partial charge < -0.3 is 9.47 Å². The molecule has 0 atom stereocenters. The van der Waals surface area contributed by atoms with Gasteiger partial charge in [-0.2, -0.15) is 0 Å². The number of fused-ring (bicyclic) bond motifs is 2. The maximum atomic E-state index is 12.7. The summed E-state index contributed by atoms with van der Waals surface area (Å²) in [6.07, 6.45) is 3.28. The molecule has 0 N–H and O–H groups in total. The van der Waals surface area contributed by atoms with Gasteiger partial charge in [-0.05, 0) is 0 Å². The Morgan fingerprint density at radius 2 is 1.06 bits per heavy atom. The number of ether oxygens (including phenoxy) is 2. The van der Waals surface area contributed by atoms with E-state index in [1.165, 1.54) is 22.7 Å². The molecule has 0 saturated heterocycles. The normalized spacial score (nSPS) is 15.7. The van der Waals surface area contributed by atoms with Crippen molar-refractivity contribution in [3.63, 3.8) is 0 Å². The molecular formula is C22H20N4O4S2. The van der Waals surface area contributed by atoms with Crippen molar-refractivity contribution in [2.75, 3.05) is 0 Å². The molecule has 32 heavy (non-hydrogen) atoms. The molecule has 0 amide bonds. The maximum Gasteiger partial charge on any atom is 0.348 e. The zero-order valence-electron chi connectivity index (χ0n) is 18.4. The van der Waals surface area contributed by atoms with Crippen LogP contribution in [0.4, 0.5) is 0 Å². The Hall–Kier alpha value is -2.98. The lowest BCUT2D eigenvalue weighted by Gasteiger charge is -2.13. The molecule has 0 aromatic carbocycles. The first-order chi connectivity index (χ1) is 14.9. The Morgan fingerprint density at radius 3 is 1.38 bits per heavy atom. The lowest BCUT2D eigenvalue weighted by Crippen LogP contribution is -2.19. The third-order valence-corrected chi connectivity index (χ3v) is 7.76. The summed E-state index contributed by atoms with van der Waals surface area (Å²) in [6, 6.07) is 0. The van der Waals surface area contributed by atoms with Crippen LogP contribution in [0.2, 0.25) is 0 Å². The molecule has 164 valence electrons. The van der Waals surface area contributed by atoms with Crippen LogP contribution in [0.25, 0.3) is 11.1 Å². The first-order valence-corrected chi connectivity index (χ1v) is 11.6. The second kappa shape index (κ2) is 6.76. The number of carbonyl (C=O) groups excluding carboxylic acids is 2. The number of carbonyl (C=O) groups is 2. The largest absolute Gasteiger partial charge is 0.401 e. The van der Waals surface area contributed by atoms with Gasteiger partial charge in [0.2, 0.25) is 0 Å². The third kappa shape index (κ3) is 3.25. The van der Waals surface area contributed by atoms with E-state index in [-0.39, 0.29) is 44.4 Å². The Kier molecular flexibility index (Phi) is 4.41. The van der Waals surface area contributed by atoms with E-state index in [0.29, 0.717) is 9.75 Å². The van der Waals surface area contributed by atoms with Crippen LogP contribution >= 0.6 is 22.7 Å². The molecule has 3 aromatic heterocycles. The van der Waals surface area contributed by atoms with Crippen molar-refractivity contribution in [2.45, 2.75) is 52.4 Å². The minimum absolute atomic E-state index is 0.0609. The fourth-order valence-corrected chi connectivity index (χ4v) is 5.27. The van der Waals surface area contributed by atoms with Gasteiger partial charge in [0.1, 0.15) is 21.8 Å². The minimum Gasteiger partial charge on any atom is -0.401 e. The molecule has 2 aliphatic heterocycles. The van der Waals surface area contributed by atoms with E-state index in [1.807, 2.05) is 0 Å². The molecule has 0 fully saturated rings. The van der Waals surface area contributed by atoms with Gasteiger partial charge in [0.15, 0.2) is 0 Å². The molecule has 5 rings (SSSR count). The highest BCUT2D eigenvalue weighted by atomic mass is 32.1. The summed E-state index contributed by atoms with van der Waals surface area (Å²) in [7, 11) is 0. The Bertz CT molecular complexity index is 1330. The number of rotatable bonds is 2. The molecule has 8 nitrogen and oxygen atoms in total. The molecule has 0 unspecified atom stereocenters. The van der Waals surface area contributed by atoms with Gasteiger partial charge in [-0.1, -0.05) is 41.5 Å². The van der Waals surface area contributed by atoms with Crippen molar-refractivity contribution < 1.29 is 19.1 Å². The highest BCUT2D eigenvalue weighted by molar-refractivity contribution is 7.13. The minimum atomic E-state index is -0.548. The number of aromatic nitrogens is 4. The van der Waals surface area contributed by atoms with E-state index in [9.17, 15) is 9.59 Å². The quantitative estimate of drug-likeness (QED) is 0.528. The summed E-state index contributed by atoms with van der Waals surface area (Å²) in [5.74, 6) is -0.974. The summed E-state index contributed by atoms with van der Waals surface area (Å²) in [6.45, 7) is 12.3. The van der Waals surface area contributed by atoms with Gasteiger partial charge in [-0.3, -0.25) is 0 Å². The third-order valence-electron chi connectivity index (χ3n) is 4.88. The van der Waals surface area contributed by atoms with Crippen LogP contribution in [0.1, 0.15) is 61.3 Å². The average Bonchev–Trinajstić information content (AvgIpc) is 3.41. The summed E-state index contributed by atoms with van der Waals surface area (Å²) in [5, 5.41) is 2.28. The summed E-state index contributed by atoms with van der Waals surface area (Å²) >= 11 is 2.81. The second-order valence-corrected chi connectivity index (χ2v) is 11.7. The molecule has 0 saturated carbocycles. The van der Waals surface area contributed by atoms with Gasteiger partial charge >= 0.3 is 11.9 Å². The molecule has 10 heteroatoms. The molecule has 0 aliphatic carbocycles. The Labute approximate surface area is 191 Å². The second-order valence-electron chi connectivity index (χ2n) is 9.62. The zero-order valence-corrected chi connectivity index (χ0v) is 20.0. The van der Waals surface area contributed by atoms with Crippen molar-refractivity contribution >= 4 is 45.8 Å². The monoisotopic (exact) mass is 468 g/mol. The van der Waals surface area contributed by atoms with Gasteiger partial charge in [-0.15, -0.1) is 22.7 Å². The van der Waals surface area contributed by atoms with Crippen molar-refractivity contribution in [1.29, 1.82) is 0 Å². The number of hydrogen-bond acceptors (Lipinski definition) is 10. The van der Waals surface area contributed by atoms with E-state index < -0.39 is 11.9 Å². The number of nitrogens with zero attached hydrogens (tertiary/aromatic N) is 4. The molecule has 5 heterocycles. The van der Waals surface area contributed by atoms with E-state index in [4.69, 9.17) is 9.47 Å². The lowest BCUT2D eigenvalue weighted by atomic mass is 9.98. The zero-order chi connectivity index (χ0) is 23.0. The first kappa shape index (κ1) is 20.9. The summed E-state index contributed by atoms with van der Waals surface area (Å²) in [5.41, 5.74) is 0.248. The Morgan fingerprint density at radius 1 is 0.688 bits per heavy atom. The van der Waals surface area contributed by atoms with Gasteiger partial charge in [0.05, 0.1) is 19.8 Å². The fourth-order valence-electron chi connectivity index (χ4n) is 3.25. The van der Waals surface area contributed by atoms with Crippen LogP contribution in [0.15, 0.2) is 12.4 Å². The van der Waals surface area contributed by atoms with Gasteiger partial charge in [-0.25, -0.2) is 29.5 Å². The Balaban J connectivity index is 1.69. The first-order valence-electron chi connectivity index (χ1n) is 9.98. The summed E-state index contributed by atoms with van der Waals surface area (Å²) < 4.78 is 10.8. The standard InChI is InChI=1S/C22H20N4O4S2/c1-21(2,3)19-23-7-9(31-19)11-13-15(29-17(11)27)26-14-12(18(28)30-16(14)25-13)10-8-24-20(32-10)22(4,5)6/h7-8H,1-6H3. The molecule has 0 radical (unpaired) electrons. The van der Waals surface area contributed by atoms with Crippen molar-refractivity contribution in [3.8, 4) is 11.8 Å². The van der Waals surface area contributed by atoms with Gasteiger partial charge in [0.25, 0.3) is 11.8 Å². The van der Waals surface area contributed by atoms with E-state index >= 15 is 0 Å².